The normalized spacial score (nSPS) is 10.7. The van der Waals surface area contributed by atoms with Crippen LogP contribution in [0.25, 0.3) is 10.8 Å². The number of nitrogens with one attached hydrogen (secondary N) is 1. The molecular formula is C21H22N2O4. The minimum atomic E-state index is -0.252. The van der Waals surface area contributed by atoms with Crippen LogP contribution in [0.3, 0.4) is 0 Å². The van der Waals surface area contributed by atoms with Crippen LogP contribution in [0, 0.1) is 0 Å². The summed E-state index contributed by atoms with van der Waals surface area (Å²) >= 11 is 0. The molecule has 140 valence electrons. The van der Waals surface area contributed by atoms with Crippen molar-refractivity contribution < 1.29 is 14.6 Å². The van der Waals surface area contributed by atoms with Crippen molar-refractivity contribution >= 4 is 16.7 Å². The highest BCUT2D eigenvalue weighted by atomic mass is 16.5. The van der Waals surface area contributed by atoms with Crippen molar-refractivity contribution in [2.24, 2.45) is 0 Å². The lowest BCUT2D eigenvalue weighted by molar-refractivity contribution is 0.0709. The summed E-state index contributed by atoms with van der Waals surface area (Å²) in [5.74, 6) is 0.485. The average molecular weight is 366 g/mol. The van der Waals surface area contributed by atoms with Gasteiger partial charge in [-0.15, -0.1) is 0 Å². The van der Waals surface area contributed by atoms with Crippen LogP contribution in [0.2, 0.25) is 0 Å². The summed E-state index contributed by atoms with van der Waals surface area (Å²) in [6.45, 7) is 2.83. The molecular weight excluding hydrogens is 344 g/mol. The van der Waals surface area contributed by atoms with Crippen LogP contribution < -0.4 is 10.3 Å². The summed E-state index contributed by atoms with van der Waals surface area (Å²) in [4.78, 5) is 29.3. The Labute approximate surface area is 157 Å². The molecule has 6 heteroatoms. The summed E-state index contributed by atoms with van der Waals surface area (Å²) in [5, 5.41) is 10.5. The van der Waals surface area contributed by atoms with Gasteiger partial charge >= 0.3 is 0 Å². The topological polar surface area (TPSA) is 82.6 Å². The summed E-state index contributed by atoms with van der Waals surface area (Å²) in [6, 6.07) is 14.5. The van der Waals surface area contributed by atoms with Crippen LogP contribution in [0.1, 0.15) is 22.8 Å². The first kappa shape index (κ1) is 18.7. The maximum Gasteiger partial charge on any atom is 0.256 e. The maximum atomic E-state index is 13.1. The second kappa shape index (κ2) is 8.51. The van der Waals surface area contributed by atoms with Gasteiger partial charge in [-0.1, -0.05) is 30.3 Å². The molecule has 1 heterocycles. The van der Waals surface area contributed by atoms with Crippen LogP contribution in [-0.4, -0.2) is 40.7 Å². The van der Waals surface area contributed by atoms with Gasteiger partial charge in [-0.3, -0.25) is 9.59 Å². The summed E-state index contributed by atoms with van der Waals surface area (Å²) in [5.41, 5.74) is 1.07. The van der Waals surface area contributed by atoms with E-state index in [0.29, 0.717) is 29.5 Å². The van der Waals surface area contributed by atoms with Crippen LogP contribution >= 0.6 is 0 Å². The van der Waals surface area contributed by atoms with Crippen molar-refractivity contribution in [1.82, 2.24) is 9.88 Å². The Morgan fingerprint density at radius 3 is 2.67 bits per heavy atom. The number of ether oxygens (including phenoxy) is 1. The number of carbonyl (C=O) groups excluding carboxylic acids is 1. The standard InChI is InChI=1S/C21H22N2O4/c1-2-27-16-7-5-6-15(12-16)14-23(10-11-24)21(26)19-13-22-20(25)18-9-4-3-8-17(18)19/h3-9,12-13,24H,2,10-11,14H2,1H3,(H,22,25). The second-order valence-electron chi connectivity index (χ2n) is 6.11. The number of fused-ring (bicyclic) bond motifs is 1. The number of aromatic amines is 1. The van der Waals surface area contributed by atoms with Gasteiger partial charge in [-0.25, -0.2) is 0 Å². The van der Waals surface area contributed by atoms with Gasteiger partial charge < -0.3 is 19.7 Å². The lowest BCUT2D eigenvalue weighted by Crippen LogP contribution is -2.33. The Kier molecular flexibility index (Phi) is 5.88. The first-order chi connectivity index (χ1) is 13.1. The zero-order valence-corrected chi connectivity index (χ0v) is 15.1. The van der Waals surface area contributed by atoms with Crippen LogP contribution in [0.5, 0.6) is 5.75 Å². The SMILES string of the molecule is CCOc1cccc(CN(CCO)C(=O)c2c[nH]c(=O)c3ccccc23)c1. The molecule has 0 unspecified atom stereocenters. The summed E-state index contributed by atoms with van der Waals surface area (Å²) in [6.07, 6.45) is 1.44. The molecule has 3 aromatic rings. The molecule has 0 saturated heterocycles. The Balaban J connectivity index is 1.94. The van der Waals surface area contributed by atoms with Crippen LogP contribution in [0.15, 0.2) is 59.5 Å². The molecule has 0 spiro atoms. The van der Waals surface area contributed by atoms with Crippen molar-refractivity contribution in [3.8, 4) is 5.75 Å². The molecule has 1 aromatic heterocycles. The Morgan fingerprint density at radius 1 is 1.15 bits per heavy atom. The molecule has 3 rings (SSSR count). The Hall–Kier alpha value is -3.12. The van der Waals surface area contributed by atoms with E-state index in [0.717, 1.165) is 11.3 Å². The predicted octanol–water partition coefficient (Wildman–Crippen LogP) is 2.56. The first-order valence-electron chi connectivity index (χ1n) is 8.86. The molecule has 0 aliphatic carbocycles. The highest BCUT2D eigenvalue weighted by molar-refractivity contribution is 6.06. The van der Waals surface area contributed by atoms with E-state index in [1.54, 1.807) is 29.2 Å². The number of pyridine rings is 1. The van der Waals surface area contributed by atoms with Gasteiger partial charge in [0, 0.05) is 30.1 Å². The molecule has 2 aromatic carbocycles. The number of benzene rings is 2. The number of amides is 1. The number of aromatic nitrogens is 1. The monoisotopic (exact) mass is 366 g/mol. The molecule has 0 aliphatic rings. The van der Waals surface area contributed by atoms with Gasteiger partial charge in [0.2, 0.25) is 0 Å². The molecule has 0 saturated carbocycles. The van der Waals surface area contributed by atoms with Crippen molar-refractivity contribution in [2.45, 2.75) is 13.5 Å². The van der Waals surface area contributed by atoms with Crippen LogP contribution in [0.4, 0.5) is 0 Å². The van der Waals surface area contributed by atoms with Gasteiger partial charge in [0.1, 0.15) is 5.75 Å². The van der Waals surface area contributed by atoms with E-state index in [4.69, 9.17) is 4.74 Å². The molecule has 0 atom stereocenters. The highest BCUT2D eigenvalue weighted by Gasteiger charge is 2.19. The number of H-pyrrole nitrogens is 1. The Morgan fingerprint density at radius 2 is 1.93 bits per heavy atom. The number of carbonyl (C=O) groups is 1. The van der Waals surface area contributed by atoms with Gasteiger partial charge in [-0.05, 0) is 30.7 Å². The van der Waals surface area contributed by atoms with Crippen molar-refractivity contribution in [3.05, 3.63) is 76.2 Å². The average Bonchev–Trinajstić information content (AvgIpc) is 2.68. The molecule has 1 amide bonds. The number of nitrogens with zero attached hydrogens (tertiary/aromatic N) is 1. The minimum Gasteiger partial charge on any atom is -0.494 e. The lowest BCUT2D eigenvalue weighted by Gasteiger charge is -2.23. The van der Waals surface area contributed by atoms with E-state index in [1.807, 2.05) is 31.2 Å². The quantitative estimate of drug-likeness (QED) is 0.673. The summed E-state index contributed by atoms with van der Waals surface area (Å²) < 4.78 is 5.51. The van der Waals surface area contributed by atoms with Crippen molar-refractivity contribution in [3.63, 3.8) is 0 Å². The molecule has 6 nitrogen and oxygen atoms in total. The highest BCUT2D eigenvalue weighted by Crippen LogP contribution is 2.19. The minimum absolute atomic E-state index is 0.155. The van der Waals surface area contributed by atoms with E-state index in [2.05, 4.69) is 4.98 Å². The van der Waals surface area contributed by atoms with Gasteiger partial charge in [0.15, 0.2) is 0 Å². The third-order valence-corrected chi connectivity index (χ3v) is 4.28. The number of aliphatic hydroxyl groups is 1. The van der Waals surface area contributed by atoms with Crippen molar-refractivity contribution in [1.29, 1.82) is 0 Å². The zero-order chi connectivity index (χ0) is 19.2. The third kappa shape index (κ3) is 4.17. The fourth-order valence-electron chi connectivity index (χ4n) is 3.05. The van der Waals surface area contributed by atoms with Crippen molar-refractivity contribution in [2.75, 3.05) is 19.8 Å². The van der Waals surface area contributed by atoms with Crippen LogP contribution in [-0.2, 0) is 6.54 Å². The van der Waals surface area contributed by atoms with Gasteiger partial charge in [0.25, 0.3) is 11.5 Å². The number of hydrogen-bond donors (Lipinski definition) is 2. The first-order valence-corrected chi connectivity index (χ1v) is 8.86. The molecule has 0 radical (unpaired) electrons. The molecule has 0 fully saturated rings. The van der Waals surface area contributed by atoms with Gasteiger partial charge in [0.05, 0.1) is 18.8 Å². The largest absolute Gasteiger partial charge is 0.494 e. The summed E-state index contributed by atoms with van der Waals surface area (Å²) in [7, 11) is 0. The Bertz CT molecular complexity index is 997. The fourth-order valence-corrected chi connectivity index (χ4v) is 3.05. The fraction of sp³-hybridized carbons (Fsp3) is 0.238. The lowest BCUT2D eigenvalue weighted by atomic mass is 10.1. The van der Waals surface area contributed by atoms with E-state index < -0.39 is 0 Å². The molecule has 2 N–H and O–H groups in total. The zero-order valence-electron chi connectivity index (χ0n) is 15.1. The smallest absolute Gasteiger partial charge is 0.256 e. The number of hydrogen-bond acceptors (Lipinski definition) is 4. The molecule has 0 aliphatic heterocycles. The van der Waals surface area contributed by atoms with Gasteiger partial charge in [-0.2, -0.15) is 0 Å². The van der Waals surface area contributed by atoms with E-state index in [1.165, 1.54) is 6.20 Å². The predicted molar refractivity (Wildman–Crippen MR) is 104 cm³/mol. The third-order valence-electron chi connectivity index (χ3n) is 4.28. The van der Waals surface area contributed by atoms with E-state index in [9.17, 15) is 14.7 Å². The molecule has 27 heavy (non-hydrogen) atoms. The number of rotatable bonds is 7. The van der Waals surface area contributed by atoms with E-state index >= 15 is 0 Å². The second-order valence-corrected chi connectivity index (χ2v) is 6.11. The maximum absolute atomic E-state index is 13.1. The molecule has 0 bridgehead atoms. The number of aliphatic hydroxyl groups excluding tert-OH is 1. The van der Waals surface area contributed by atoms with E-state index in [-0.39, 0.29) is 24.6 Å².